The molecule has 19 heavy (non-hydrogen) atoms. The maximum atomic E-state index is 11.6. The third kappa shape index (κ3) is 6.57. The lowest BCUT2D eigenvalue weighted by Gasteiger charge is -2.18. The summed E-state index contributed by atoms with van der Waals surface area (Å²) in [5.74, 6) is -0.383. The quantitative estimate of drug-likeness (QED) is 0.661. The Morgan fingerprint density at radius 1 is 1.37 bits per heavy atom. The van der Waals surface area contributed by atoms with E-state index in [9.17, 15) is 9.90 Å². The largest absolute Gasteiger partial charge is 0.382 e. The summed E-state index contributed by atoms with van der Waals surface area (Å²) in [5.41, 5.74) is 6.86. The van der Waals surface area contributed by atoms with Crippen LogP contribution in [-0.2, 0) is 11.2 Å². The van der Waals surface area contributed by atoms with Gasteiger partial charge in [-0.3, -0.25) is 4.79 Å². The maximum Gasteiger partial charge on any atom is 0.250 e. The van der Waals surface area contributed by atoms with E-state index in [0.29, 0.717) is 13.0 Å². The van der Waals surface area contributed by atoms with Crippen molar-refractivity contribution in [2.75, 3.05) is 6.54 Å². The molecule has 0 aliphatic rings. The van der Waals surface area contributed by atoms with Crippen molar-refractivity contribution in [1.82, 2.24) is 5.32 Å². The normalized spacial score (nSPS) is 13.2. The molecular formula is C14H23ClN2O2. The fraction of sp³-hybridized carbons (Fsp3) is 0.500. The standard InChI is InChI=1S/C14H22N2O2.ClH/c1-2-3-9-16-14(18)13(17)12(15)10-11-7-5-4-6-8-11;/h4-8,12-13,17H,2-3,9-10,15H2,1H3,(H,16,18);1H/t12-,13?;/m0./s1. The summed E-state index contributed by atoms with van der Waals surface area (Å²) >= 11 is 0. The number of hydrogen-bond donors (Lipinski definition) is 3. The van der Waals surface area contributed by atoms with Crippen molar-refractivity contribution >= 4 is 18.3 Å². The lowest BCUT2D eigenvalue weighted by atomic mass is 10.0. The summed E-state index contributed by atoms with van der Waals surface area (Å²) in [7, 11) is 0. The van der Waals surface area contributed by atoms with Crippen LogP contribution in [-0.4, -0.2) is 29.7 Å². The molecule has 0 aliphatic heterocycles. The van der Waals surface area contributed by atoms with Gasteiger partial charge >= 0.3 is 0 Å². The number of carbonyl (C=O) groups excluding carboxylic acids is 1. The summed E-state index contributed by atoms with van der Waals surface area (Å²) in [5, 5.41) is 12.5. The van der Waals surface area contributed by atoms with Gasteiger partial charge in [0.2, 0.25) is 5.91 Å². The number of rotatable bonds is 7. The van der Waals surface area contributed by atoms with Crippen molar-refractivity contribution < 1.29 is 9.90 Å². The number of aliphatic hydroxyl groups is 1. The zero-order chi connectivity index (χ0) is 13.4. The smallest absolute Gasteiger partial charge is 0.250 e. The molecule has 0 aliphatic carbocycles. The van der Waals surface area contributed by atoms with E-state index in [2.05, 4.69) is 5.32 Å². The van der Waals surface area contributed by atoms with Gasteiger partial charge in [-0.25, -0.2) is 0 Å². The molecular weight excluding hydrogens is 264 g/mol. The molecule has 0 aromatic heterocycles. The molecule has 0 fully saturated rings. The molecule has 1 amide bonds. The number of aliphatic hydroxyl groups excluding tert-OH is 1. The van der Waals surface area contributed by atoms with Crippen molar-refractivity contribution in [2.24, 2.45) is 5.73 Å². The van der Waals surface area contributed by atoms with Crippen molar-refractivity contribution in [3.05, 3.63) is 35.9 Å². The fourth-order valence-corrected chi connectivity index (χ4v) is 1.69. The Bertz CT molecular complexity index is 360. The highest BCUT2D eigenvalue weighted by Crippen LogP contribution is 2.04. The van der Waals surface area contributed by atoms with E-state index in [4.69, 9.17) is 5.73 Å². The minimum absolute atomic E-state index is 0. The molecule has 2 atom stereocenters. The van der Waals surface area contributed by atoms with Gasteiger partial charge in [0, 0.05) is 12.6 Å². The highest BCUT2D eigenvalue weighted by atomic mass is 35.5. The van der Waals surface area contributed by atoms with Crippen LogP contribution < -0.4 is 11.1 Å². The summed E-state index contributed by atoms with van der Waals surface area (Å²) in [6.07, 6.45) is 1.25. The molecule has 0 saturated heterocycles. The molecule has 0 heterocycles. The first-order valence-electron chi connectivity index (χ1n) is 6.40. The lowest BCUT2D eigenvalue weighted by molar-refractivity contribution is -0.130. The van der Waals surface area contributed by atoms with Gasteiger partial charge in [-0.05, 0) is 18.4 Å². The van der Waals surface area contributed by atoms with Gasteiger partial charge in [-0.2, -0.15) is 0 Å². The first-order valence-corrected chi connectivity index (χ1v) is 6.40. The molecule has 1 aromatic rings. The monoisotopic (exact) mass is 286 g/mol. The van der Waals surface area contributed by atoms with Gasteiger partial charge in [0.15, 0.2) is 0 Å². The van der Waals surface area contributed by atoms with E-state index in [-0.39, 0.29) is 18.3 Å². The molecule has 1 aromatic carbocycles. The summed E-state index contributed by atoms with van der Waals surface area (Å²) in [6.45, 7) is 2.63. The highest BCUT2D eigenvalue weighted by molar-refractivity contribution is 5.85. The SMILES string of the molecule is CCCCNC(=O)C(O)[C@@H](N)Cc1ccccc1.Cl. The van der Waals surface area contributed by atoms with Crippen molar-refractivity contribution in [2.45, 2.75) is 38.3 Å². The molecule has 0 bridgehead atoms. The number of hydrogen-bond acceptors (Lipinski definition) is 3. The Morgan fingerprint density at radius 2 is 2.00 bits per heavy atom. The molecule has 0 spiro atoms. The number of carbonyl (C=O) groups is 1. The summed E-state index contributed by atoms with van der Waals surface area (Å²) in [6, 6.07) is 9.03. The maximum absolute atomic E-state index is 11.6. The molecule has 108 valence electrons. The van der Waals surface area contributed by atoms with E-state index in [0.717, 1.165) is 18.4 Å². The number of nitrogens with one attached hydrogen (secondary N) is 1. The van der Waals surface area contributed by atoms with Gasteiger partial charge < -0.3 is 16.2 Å². The van der Waals surface area contributed by atoms with Gasteiger partial charge in [-0.15, -0.1) is 12.4 Å². The van der Waals surface area contributed by atoms with Gasteiger partial charge in [0.05, 0.1) is 0 Å². The van der Waals surface area contributed by atoms with Crippen molar-refractivity contribution in [1.29, 1.82) is 0 Å². The summed E-state index contributed by atoms with van der Waals surface area (Å²) in [4.78, 5) is 11.6. The minimum atomic E-state index is -1.15. The second kappa shape index (κ2) is 9.78. The van der Waals surface area contributed by atoms with E-state index in [1.165, 1.54) is 0 Å². The Hall–Kier alpha value is -1.10. The van der Waals surface area contributed by atoms with Crippen LogP contribution in [0.25, 0.3) is 0 Å². The topological polar surface area (TPSA) is 75.3 Å². The average Bonchev–Trinajstić information content (AvgIpc) is 2.39. The van der Waals surface area contributed by atoms with Gasteiger partial charge in [0.1, 0.15) is 6.10 Å². The zero-order valence-corrected chi connectivity index (χ0v) is 12.0. The van der Waals surface area contributed by atoms with Crippen LogP contribution in [0.15, 0.2) is 30.3 Å². The average molecular weight is 287 g/mol. The molecule has 1 rings (SSSR count). The number of amides is 1. The molecule has 5 heteroatoms. The van der Waals surface area contributed by atoms with E-state index in [1.54, 1.807) is 0 Å². The van der Waals surface area contributed by atoms with Crippen molar-refractivity contribution in [3.8, 4) is 0 Å². The van der Waals surface area contributed by atoms with Crippen LogP contribution in [0.5, 0.6) is 0 Å². The number of benzene rings is 1. The number of nitrogens with two attached hydrogens (primary N) is 1. The second-order valence-electron chi connectivity index (χ2n) is 4.44. The lowest BCUT2D eigenvalue weighted by Crippen LogP contribution is -2.47. The first kappa shape index (κ1) is 17.9. The van der Waals surface area contributed by atoms with Crippen LogP contribution in [0, 0.1) is 0 Å². The van der Waals surface area contributed by atoms with Gasteiger partial charge in [0.25, 0.3) is 0 Å². The number of unbranched alkanes of at least 4 members (excludes halogenated alkanes) is 1. The Morgan fingerprint density at radius 3 is 2.58 bits per heavy atom. The molecule has 1 unspecified atom stereocenters. The van der Waals surface area contributed by atoms with Crippen LogP contribution in [0.4, 0.5) is 0 Å². The van der Waals surface area contributed by atoms with Crippen LogP contribution in [0.1, 0.15) is 25.3 Å². The van der Waals surface area contributed by atoms with E-state index < -0.39 is 12.1 Å². The predicted molar refractivity (Wildman–Crippen MR) is 79.3 cm³/mol. The molecule has 4 N–H and O–H groups in total. The first-order chi connectivity index (χ1) is 8.65. The zero-order valence-electron chi connectivity index (χ0n) is 11.2. The van der Waals surface area contributed by atoms with Crippen LogP contribution >= 0.6 is 12.4 Å². The minimum Gasteiger partial charge on any atom is -0.382 e. The Kier molecular flexibility index (Phi) is 9.21. The van der Waals surface area contributed by atoms with Crippen LogP contribution in [0.2, 0.25) is 0 Å². The van der Waals surface area contributed by atoms with E-state index >= 15 is 0 Å². The number of halogens is 1. The molecule has 0 radical (unpaired) electrons. The van der Waals surface area contributed by atoms with Gasteiger partial charge in [-0.1, -0.05) is 43.7 Å². The van der Waals surface area contributed by atoms with E-state index in [1.807, 2.05) is 37.3 Å². The molecule has 0 saturated carbocycles. The Balaban J connectivity index is 0.00000324. The Labute approximate surface area is 120 Å². The highest BCUT2D eigenvalue weighted by Gasteiger charge is 2.22. The third-order valence-electron chi connectivity index (χ3n) is 2.82. The van der Waals surface area contributed by atoms with Crippen molar-refractivity contribution in [3.63, 3.8) is 0 Å². The van der Waals surface area contributed by atoms with Crippen LogP contribution in [0.3, 0.4) is 0 Å². The predicted octanol–water partition coefficient (Wildman–Crippen LogP) is 1.26. The second-order valence-corrected chi connectivity index (χ2v) is 4.44. The third-order valence-corrected chi connectivity index (χ3v) is 2.82. The fourth-order valence-electron chi connectivity index (χ4n) is 1.69. The summed E-state index contributed by atoms with van der Waals surface area (Å²) < 4.78 is 0. The molecule has 4 nitrogen and oxygen atoms in total.